The van der Waals surface area contributed by atoms with Crippen molar-refractivity contribution in [1.82, 2.24) is 19.4 Å². The minimum absolute atomic E-state index is 0.0209. The number of hydrogen-bond acceptors (Lipinski definition) is 17. The van der Waals surface area contributed by atoms with E-state index < -0.39 is 113 Å². The number of fused-ring (bicyclic) bond motifs is 3. The van der Waals surface area contributed by atoms with Crippen LogP contribution in [-0.2, 0) is 39.1 Å². The van der Waals surface area contributed by atoms with Crippen molar-refractivity contribution in [1.29, 1.82) is 0 Å². The second-order valence-electron chi connectivity index (χ2n) is 14.5. The Kier molecular flexibility index (Phi) is 10.5. The number of rotatable bonds is 9. The quantitative estimate of drug-likeness (QED) is 0.0883. The van der Waals surface area contributed by atoms with Crippen molar-refractivity contribution in [2.45, 2.75) is 69.0 Å². The zero-order valence-electron chi connectivity index (χ0n) is 31.1. The number of aliphatic hydroxyl groups excluding tert-OH is 2. The van der Waals surface area contributed by atoms with Crippen molar-refractivity contribution < 1.29 is 68.6 Å². The first-order chi connectivity index (χ1) is 27.1. The van der Waals surface area contributed by atoms with Crippen LogP contribution in [0.3, 0.4) is 0 Å². The SMILES string of the molecule is COc1cccc2c1C(=O)c1c(O)c3c(c(O)c1C2=O)C[C@@](O)(C(=O)CO)C[C@@H]3O[C@H]1C[C@@H](N2CCN(C(=O)OCc3cnc([N+](=O)[O-])n3C)CC2)[C@H](O)[C@H](C)O1. The average molecular weight is 796 g/mol. The maximum atomic E-state index is 14.0. The predicted octanol–water partition coefficient (Wildman–Crippen LogP) is 0.639. The molecule has 0 unspecified atom stereocenters. The summed E-state index contributed by atoms with van der Waals surface area (Å²) in [4.78, 5) is 71.2. The molecule has 5 N–H and O–H groups in total. The molecular weight excluding hydrogens is 754 g/mol. The summed E-state index contributed by atoms with van der Waals surface area (Å²) in [5.41, 5.74) is -3.64. The van der Waals surface area contributed by atoms with E-state index in [0.717, 1.165) is 0 Å². The van der Waals surface area contributed by atoms with Crippen LogP contribution in [0.1, 0.15) is 74.5 Å². The molecule has 0 bridgehead atoms. The van der Waals surface area contributed by atoms with Gasteiger partial charge in [-0.1, -0.05) is 17.1 Å². The predicted molar refractivity (Wildman–Crippen MR) is 191 cm³/mol. The molecule has 4 aliphatic rings. The topological polar surface area (TPSA) is 274 Å². The fraction of sp³-hybridized carbons (Fsp3) is 0.486. The van der Waals surface area contributed by atoms with Crippen LogP contribution in [0.4, 0.5) is 10.7 Å². The van der Waals surface area contributed by atoms with E-state index in [1.807, 2.05) is 4.90 Å². The number of nitrogens with zero attached hydrogens (tertiary/aromatic N) is 5. The van der Waals surface area contributed by atoms with Gasteiger partial charge in [-0.05, 0) is 17.9 Å². The zero-order valence-corrected chi connectivity index (χ0v) is 31.1. The number of ether oxygens (including phenoxy) is 4. The largest absolute Gasteiger partial charge is 0.507 e. The van der Waals surface area contributed by atoms with Crippen molar-refractivity contribution in [3.63, 3.8) is 0 Å². The van der Waals surface area contributed by atoms with Gasteiger partial charge in [-0.15, -0.1) is 0 Å². The standard InChI is InChI=1S/C37H41N5O15/c1-17-30(45)21(40-7-9-41(10-8-40)36(50)55-16-18-14-38-35(39(18)2)42(52)53)11-25(56-17)57-23-13-37(51,24(44)15-43)12-20-27(23)34(49)29-28(32(20)47)31(46)19-5-4-6-22(54-3)26(19)33(29)48/h4-6,14,17,21,23,25,30,43,45,47,49,51H,7-13,15-16H2,1-3H3/t17-,21+,23-,25-,30+,37-/m0/s1. The second kappa shape index (κ2) is 15.1. The summed E-state index contributed by atoms with van der Waals surface area (Å²) in [5.74, 6) is -4.41. The maximum absolute atomic E-state index is 14.0. The molecule has 2 saturated heterocycles. The zero-order chi connectivity index (χ0) is 41.1. The second-order valence-corrected chi connectivity index (χ2v) is 14.5. The third kappa shape index (κ3) is 6.76. The Morgan fingerprint density at radius 3 is 2.44 bits per heavy atom. The van der Waals surface area contributed by atoms with E-state index >= 15 is 0 Å². The Labute approximate surface area is 323 Å². The number of phenols is 2. The van der Waals surface area contributed by atoms with Gasteiger partial charge in [0.2, 0.25) is 5.78 Å². The van der Waals surface area contributed by atoms with Crippen LogP contribution in [0.25, 0.3) is 0 Å². The van der Waals surface area contributed by atoms with Crippen LogP contribution >= 0.6 is 0 Å². The van der Waals surface area contributed by atoms with Gasteiger partial charge in [-0.25, -0.2) is 9.36 Å². The summed E-state index contributed by atoms with van der Waals surface area (Å²) in [6.45, 7) is 1.31. The normalized spacial score (nSPS) is 26.0. The number of piperazine rings is 1. The molecule has 2 aliphatic carbocycles. The van der Waals surface area contributed by atoms with Crippen molar-refractivity contribution in [2.75, 3.05) is 39.9 Å². The van der Waals surface area contributed by atoms with E-state index in [9.17, 15) is 54.8 Å². The lowest BCUT2D eigenvalue weighted by molar-refractivity contribution is -0.396. The van der Waals surface area contributed by atoms with Crippen LogP contribution in [-0.4, -0.2) is 143 Å². The highest BCUT2D eigenvalue weighted by molar-refractivity contribution is 6.31. The van der Waals surface area contributed by atoms with E-state index in [1.54, 1.807) is 6.92 Å². The first-order valence-corrected chi connectivity index (χ1v) is 18.1. The Balaban J connectivity index is 1.12. The number of aromatic nitrogens is 2. The van der Waals surface area contributed by atoms with Gasteiger partial charge >= 0.3 is 12.0 Å². The highest BCUT2D eigenvalue weighted by Crippen LogP contribution is 2.52. The van der Waals surface area contributed by atoms with Crippen LogP contribution in [0, 0.1) is 10.1 Å². The fourth-order valence-corrected chi connectivity index (χ4v) is 8.26. The van der Waals surface area contributed by atoms with E-state index in [2.05, 4.69) is 4.98 Å². The first-order valence-electron chi connectivity index (χ1n) is 18.1. The number of nitro groups is 1. The first kappa shape index (κ1) is 39.7. The minimum Gasteiger partial charge on any atom is -0.507 e. The lowest BCUT2D eigenvalue weighted by Gasteiger charge is -2.47. The Hall–Kier alpha value is -5.51. The van der Waals surface area contributed by atoms with Crippen molar-refractivity contribution in [3.8, 4) is 17.2 Å². The van der Waals surface area contributed by atoms with Crippen molar-refractivity contribution in [2.24, 2.45) is 7.05 Å². The number of ketones is 3. The van der Waals surface area contributed by atoms with E-state index in [0.29, 0.717) is 18.8 Å². The molecule has 0 saturated carbocycles. The van der Waals surface area contributed by atoms with E-state index in [-0.39, 0.29) is 54.1 Å². The van der Waals surface area contributed by atoms with E-state index in [4.69, 9.17) is 18.9 Å². The number of methoxy groups -OCH3 is 1. The number of aliphatic hydroxyl groups is 3. The van der Waals surface area contributed by atoms with Crippen molar-refractivity contribution >= 4 is 29.4 Å². The average Bonchev–Trinajstić information content (AvgIpc) is 3.57. The molecule has 2 fully saturated rings. The molecule has 3 aromatic rings. The maximum Gasteiger partial charge on any atom is 0.434 e. The molecule has 2 aromatic carbocycles. The highest BCUT2D eigenvalue weighted by atomic mass is 16.7. The van der Waals surface area contributed by atoms with Gasteiger partial charge < -0.3 is 59.5 Å². The summed E-state index contributed by atoms with van der Waals surface area (Å²) >= 11 is 0. The van der Waals surface area contributed by atoms with Gasteiger partial charge in [0.25, 0.3) is 0 Å². The highest BCUT2D eigenvalue weighted by Gasteiger charge is 2.51. The van der Waals surface area contributed by atoms with Crippen LogP contribution in [0.2, 0.25) is 0 Å². The molecule has 1 amide bonds. The Morgan fingerprint density at radius 1 is 1.09 bits per heavy atom. The third-order valence-corrected chi connectivity index (χ3v) is 11.3. The monoisotopic (exact) mass is 795 g/mol. The molecule has 304 valence electrons. The van der Waals surface area contributed by atoms with Crippen LogP contribution in [0.15, 0.2) is 24.4 Å². The van der Waals surface area contributed by atoms with E-state index in [1.165, 1.54) is 48.0 Å². The molecule has 0 radical (unpaired) electrons. The summed E-state index contributed by atoms with van der Waals surface area (Å²) in [7, 11) is 2.74. The number of carbonyl (C=O) groups is 4. The summed E-state index contributed by atoms with van der Waals surface area (Å²) in [6.07, 6.45) is -4.98. The third-order valence-electron chi connectivity index (χ3n) is 11.3. The Bertz CT molecular complexity index is 2160. The van der Waals surface area contributed by atoms with Gasteiger partial charge in [0, 0.05) is 68.2 Å². The molecule has 2 aliphatic heterocycles. The number of carbonyl (C=O) groups excluding carboxylic acids is 4. The number of amides is 1. The lowest BCUT2D eigenvalue weighted by atomic mass is 9.72. The van der Waals surface area contributed by atoms with Gasteiger partial charge in [0.1, 0.15) is 35.7 Å². The molecule has 3 heterocycles. The molecule has 7 rings (SSSR count). The summed E-state index contributed by atoms with van der Waals surface area (Å²) < 4.78 is 24.3. The summed E-state index contributed by atoms with van der Waals surface area (Å²) in [6, 6.07) is 3.73. The molecule has 1 aromatic heterocycles. The smallest absolute Gasteiger partial charge is 0.434 e. The molecule has 20 heteroatoms. The number of imidazole rings is 1. The fourth-order valence-electron chi connectivity index (χ4n) is 8.26. The lowest BCUT2D eigenvalue weighted by Crippen LogP contribution is -2.60. The Morgan fingerprint density at radius 2 is 1.79 bits per heavy atom. The van der Waals surface area contributed by atoms with Gasteiger partial charge in [0.15, 0.2) is 30.2 Å². The number of aromatic hydroxyl groups is 2. The molecule has 0 spiro atoms. The minimum atomic E-state index is -2.33. The number of phenolic OH excluding ortho intramolecular Hbond substituents is 2. The number of hydrogen-bond donors (Lipinski definition) is 5. The summed E-state index contributed by atoms with van der Waals surface area (Å²) in [5, 5.41) is 67.2. The van der Waals surface area contributed by atoms with Gasteiger partial charge in [0.05, 0.1) is 49.2 Å². The number of Topliss-reactive ketones (excluding diaryl/α,β-unsaturated/α-hetero) is 1. The molecular formula is C37H41N5O15. The van der Waals surface area contributed by atoms with Crippen LogP contribution in [0.5, 0.6) is 17.2 Å². The molecule has 57 heavy (non-hydrogen) atoms. The van der Waals surface area contributed by atoms with Gasteiger partial charge in [-0.2, -0.15) is 0 Å². The number of benzene rings is 2. The molecule has 20 nitrogen and oxygen atoms in total. The van der Waals surface area contributed by atoms with Crippen molar-refractivity contribution in [3.05, 3.63) is 73.6 Å². The molecule has 6 atom stereocenters. The van der Waals surface area contributed by atoms with Crippen LogP contribution < -0.4 is 4.74 Å². The van der Waals surface area contributed by atoms with Gasteiger partial charge in [-0.3, -0.25) is 19.3 Å².